The Morgan fingerprint density at radius 3 is 2.41 bits per heavy atom. The minimum Gasteiger partial charge on any atom is -0.508 e. The summed E-state index contributed by atoms with van der Waals surface area (Å²) in [4.78, 5) is 5.61. The highest BCUT2D eigenvalue weighted by Gasteiger charge is 2.30. The molecule has 0 aliphatic heterocycles. The molecule has 0 atom stereocenters. The van der Waals surface area contributed by atoms with Crippen molar-refractivity contribution in [2.75, 3.05) is 6.61 Å². The number of halogens is 3. The molecule has 0 unspecified atom stereocenters. The molecule has 154 valence electrons. The van der Waals surface area contributed by atoms with Crippen LogP contribution in [0.5, 0.6) is 11.5 Å². The molecule has 2 aromatic carbocycles. The summed E-state index contributed by atoms with van der Waals surface area (Å²) in [6.45, 7) is 4.33. The van der Waals surface area contributed by atoms with Gasteiger partial charge in [0.15, 0.2) is 0 Å². The predicted molar refractivity (Wildman–Crippen MR) is 109 cm³/mol. The van der Waals surface area contributed by atoms with Crippen LogP contribution in [0, 0.1) is 13.8 Å². The number of aromatic hydroxyl groups is 1. The molecule has 0 aliphatic rings. The van der Waals surface area contributed by atoms with Crippen molar-refractivity contribution in [2.45, 2.75) is 39.3 Å². The number of aryl methyl sites for hydroxylation is 3. The van der Waals surface area contributed by atoms with E-state index < -0.39 is 11.7 Å². The fourth-order valence-electron chi connectivity index (χ4n) is 2.93. The van der Waals surface area contributed by atoms with Gasteiger partial charge in [-0.25, -0.2) is 4.98 Å². The summed E-state index contributed by atoms with van der Waals surface area (Å²) in [5.41, 5.74) is 1.56. The fraction of sp³-hybridized carbons (Fsp3) is 0.318. The molecule has 0 radical (unpaired) electrons. The summed E-state index contributed by atoms with van der Waals surface area (Å²) >= 11 is 1.57. The van der Waals surface area contributed by atoms with Crippen LogP contribution in [0.3, 0.4) is 0 Å². The number of phenols is 1. The summed E-state index contributed by atoms with van der Waals surface area (Å²) in [7, 11) is 0. The smallest absolute Gasteiger partial charge is 0.416 e. The number of rotatable bonds is 7. The Morgan fingerprint density at radius 1 is 1.03 bits per heavy atom. The lowest BCUT2D eigenvalue weighted by Gasteiger charge is -2.07. The molecular weight excluding hydrogens is 399 g/mol. The number of phenolic OH excluding ortho intramolecular Hbond substituents is 1. The SMILES string of the molecule is Cc1cc(OCCCCc2nc(-c3ccc(C(F)(F)F)cc3)c(C)s2)ccc1O. The number of benzene rings is 2. The van der Waals surface area contributed by atoms with Crippen LogP contribution in [-0.2, 0) is 12.6 Å². The van der Waals surface area contributed by atoms with Crippen molar-refractivity contribution in [3.8, 4) is 22.8 Å². The molecule has 3 aromatic rings. The van der Waals surface area contributed by atoms with Crippen LogP contribution in [0.15, 0.2) is 42.5 Å². The first kappa shape index (κ1) is 21.2. The van der Waals surface area contributed by atoms with E-state index in [1.54, 1.807) is 29.5 Å². The lowest BCUT2D eigenvalue weighted by molar-refractivity contribution is -0.137. The molecule has 29 heavy (non-hydrogen) atoms. The molecule has 0 fully saturated rings. The van der Waals surface area contributed by atoms with Crippen molar-refractivity contribution in [1.29, 1.82) is 0 Å². The van der Waals surface area contributed by atoms with Crippen LogP contribution in [-0.4, -0.2) is 16.7 Å². The standard InChI is InChI=1S/C22H22F3NO2S/c1-14-13-18(10-11-19(14)27)28-12-4-3-5-20-26-21(15(2)29-20)16-6-8-17(9-7-16)22(23,24)25/h6-11,13,27H,3-5,12H2,1-2H3. The number of thiazole rings is 1. The van der Waals surface area contributed by atoms with E-state index in [1.807, 2.05) is 13.8 Å². The van der Waals surface area contributed by atoms with Crippen molar-refractivity contribution in [3.63, 3.8) is 0 Å². The highest BCUT2D eigenvalue weighted by molar-refractivity contribution is 7.12. The van der Waals surface area contributed by atoms with Gasteiger partial charge in [0, 0.05) is 10.4 Å². The molecular formula is C22H22F3NO2S. The van der Waals surface area contributed by atoms with Crippen molar-refractivity contribution in [2.24, 2.45) is 0 Å². The van der Waals surface area contributed by atoms with Crippen molar-refractivity contribution < 1.29 is 23.0 Å². The number of ether oxygens (including phenoxy) is 1. The van der Waals surface area contributed by atoms with Gasteiger partial charge >= 0.3 is 6.18 Å². The average molecular weight is 421 g/mol. The van der Waals surface area contributed by atoms with Crippen LogP contribution >= 0.6 is 11.3 Å². The van der Waals surface area contributed by atoms with Gasteiger partial charge in [-0.05, 0) is 69.0 Å². The van der Waals surface area contributed by atoms with Crippen LogP contribution in [0.4, 0.5) is 13.2 Å². The molecule has 7 heteroatoms. The Kier molecular flexibility index (Phi) is 6.47. The summed E-state index contributed by atoms with van der Waals surface area (Å²) in [5, 5.41) is 10.5. The van der Waals surface area contributed by atoms with E-state index in [2.05, 4.69) is 4.98 Å². The monoisotopic (exact) mass is 421 g/mol. The van der Waals surface area contributed by atoms with Crippen molar-refractivity contribution in [3.05, 3.63) is 63.5 Å². The van der Waals surface area contributed by atoms with Gasteiger partial charge < -0.3 is 9.84 Å². The second kappa shape index (κ2) is 8.86. The number of hydrogen-bond acceptors (Lipinski definition) is 4. The Hall–Kier alpha value is -2.54. The Labute approximate surface area is 171 Å². The van der Waals surface area contributed by atoms with Gasteiger partial charge in [0.1, 0.15) is 11.5 Å². The van der Waals surface area contributed by atoms with Crippen LogP contribution < -0.4 is 4.74 Å². The largest absolute Gasteiger partial charge is 0.508 e. The minimum absolute atomic E-state index is 0.250. The fourth-order valence-corrected chi connectivity index (χ4v) is 3.93. The second-order valence-electron chi connectivity index (χ2n) is 6.84. The first-order valence-electron chi connectivity index (χ1n) is 9.30. The third-order valence-electron chi connectivity index (χ3n) is 4.55. The van der Waals surface area contributed by atoms with Crippen LogP contribution in [0.25, 0.3) is 11.3 Å². The molecule has 0 saturated heterocycles. The molecule has 0 spiro atoms. The van der Waals surface area contributed by atoms with E-state index in [-0.39, 0.29) is 5.75 Å². The molecule has 1 heterocycles. The van der Waals surface area contributed by atoms with Gasteiger partial charge in [-0.3, -0.25) is 0 Å². The molecule has 3 rings (SSSR count). The summed E-state index contributed by atoms with van der Waals surface area (Å²) in [6.07, 6.45) is -1.78. The highest BCUT2D eigenvalue weighted by atomic mass is 32.1. The first-order valence-corrected chi connectivity index (χ1v) is 10.1. The van der Waals surface area contributed by atoms with Gasteiger partial charge in [0.2, 0.25) is 0 Å². The van der Waals surface area contributed by atoms with Gasteiger partial charge in [-0.15, -0.1) is 11.3 Å². The van der Waals surface area contributed by atoms with E-state index in [0.29, 0.717) is 12.2 Å². The number of nitrogens with zero attached hydrogens (tertiary/aromatic N) is 1. The van der Waals surface area contributed by atoms with Gasteiger partial charge in [-0.2, -0.15) is 13.2 Å². The quantitative estimate of drug-likeness (QED) is 0.440. The van der Waals surface area contributed by atoms with E-state index in [0.717, 1.165) is 58.3 Å². The first-order chi connectivity index (χ1) is 13.7. The lowest BCUT2D eigenvalue weighted by atomic mass is 10.1. The normalized spacial score (nSPS) is 11.6. The van der Waals surface area contributed by atoms with Crippen LogP contribution in [0.2, 0.25) is 0 Å². The zero-order valence-electron chi connectivity index (χ0n) is 16.2. The third kappa shape index (κ3) is 5.50. The minimum atomic E-state index is -4.33. The van der Waals surface area contributed by atoms with E-state index in [4.69, 9.17) is 4.74 Å². The zero-order chi connectivity index (χ0) is 21.0. The highest BCUT2D eigenvalue weighted by Crippen LogP contribution is 2.33. The molecule has 0 bridgehead atoms. The zero-order valence-corrected chi connectivity index (χ0v) is 17.0. The van der Waals surface area contributed by atoms with Crippen LogP contribution in [0.1, 0.15) is 33.9 Å². The third-order valence-corrected chi connectivity index (χ3v) is 5.58. The van der Waals surface area contributed by atoms with E-state index >= 15 is 0 Å². The average Bonchev–Trinajstić information content (AvgIpc) is 3.04. The summed E-state index contributed by atoms with van der Waals surface area (Å²) in [5.74, 6) is 0.982. The molecule has 1 aromatic heterocycles. The lowest BCUT2D eigenvalue weighted by Crippen LogP contribution is -2.04. The molecule has 0 amide bonds. The Morgan fingerprint density at radius 2 is 1.76 bits per heavy atom. The molecule has 0 aliphatic carbocycles. The van der Waals surface area contributed by atoms with Crippen molar-refractivity contribution >= 4 is 11.3 Å². The Bertz CT molecular complexity index is 965. The maximum Gasteiger partial charge on any atom is 0.416 e. The predicted octanol–water partition coefficient (Wildman–Crippen LogP) is 6.55. The molecule has 3 nitrogen and oxygen atoms in total. The van der Waals surface area contributed by atoms with Gasteiger partial charge in [0.25, 0.3) is 0 Å². The molecule has 0 saturated carbocycles. The van der Waals surface area contributed by atoms with E-state index in [1.165, 1.54) is 12.1 Å². The number of hydrogen-bond donors (Lipinski definition) is 1. The maximum absolute atomic E-state index is 12.7. The number of unbranched alkanes of at least 4 members (excludes halogenated alkanes) is 1. The number of alkyl halides is 3. The Balaban J connectivity index is 1.52. The summed E-state index contributed by atoms with van der Waals surface area (Å²) in [6, 6.07) is 10.3. The van der Waals surface area contributed by atoms with Gasteiger partial charge in [0.05, 0.1) is 22.9 Å². The van der Waals surface area contributed by atoms with E-state index in [9.17, 15) is 18.3 Å². The van der Waals surface area contributed by atoms with Gasteiger partial charge in [-0.1, -0.05) is 12.1 Å². The second-order valence-corrected chi connectivity index (χ2v) is 8.13. The molecule has 1 N–H and O–H groups in total. The topological polar surface area (TPSA) is 42.4 Å². The van der Waals surface area contributed by atoms with Crippen molar-refractivity contribution in [1.82, 2.24) is 4.98 Å². The number of aromatic nitrogens is 1. The summed E-state index contributed by atoms with van der Waals surface area (Å²) < 4.78 is 43.9. The maximum atomic E-state index is 12.7.